The van der Waals surface area contributed by atoms with E-state index in [4.69, 9.17) is 0 Å². The third kappa shape index (κ3) is 6.70. The molecular formula is C27H32Cl2F4N6OS. The average molecular weight is 636 g/mol. The molecule has 0 unspecified atom stereocenters. The minimum atomic E-state index is -4.70. The molecule has 41 heavy (non-hydrogen) atoms. The van der Waals surface area contributed by atoms with Crippen molar-refractivity contribution in [3.05, 3.63) is 51.8 Å². The summed E-state index contributed by atoms with van der Waals surface area (Å²) in [6, 6.07) is 5.91. The van der Waals surface area contributed by atoms with Crippen LogP contribution in [0.15, 0.2) is 24.3 Å². The molecule has 2 fully saturated rings. The van der Waals surface area contributed by atoms with Crippen LogP contribution in [0.4, 0.5) is 28.5 Å². The van der Waals surface area contributed by atoms with Crippen LogP contribution in [-0.2, 0) is 6.18 Å². The molecule has 1 amide bonds. The second kappa shape index (κ2) is 13.1. The number of benzene rings is 1. The first kappa shape index (κ1) is 32.8. The number of carbonyl (C=O) groups is 1. The molecule has 1 aromatic carbocycles. The van der Waals surface area contributed by atoms with Gasteiger partial charge in [-0.1, -0.05) is 11.3 Å². The standard InChI is InChI=1S/C27H30F4N6OS.2ClH/c1-16-17(2)24(34-33-21(16)18-6-8-19(28)9-7-18)36-14-10-20(11-15-36)35(3)25(38)22-23(27(29,30)31)32-26(39-22)37-12-4-5-13-37;;/h6-9,20H,4-5,10-15H2,1-3H3;2*1H. The summed E-state index contributed by atoms with van der Waals surface area (Å²) in [6.07, 6.45) is -1.72. The van der Waals surface area contributed by atoms with E-state index in [0.717, 1.165) is 46.7 Å². The third-order valence-electron chi connectivity index (χ3n) is 7.70. The lowest BCUT2D eigenvalue weighted by atomic mass is 10.0. The van der Waals surface area contributed by atoms with Crippen LogP contribution in [0.3, 0.4) is 0 Å². The van der Waals surface area contributed by atoms with E-state index in [0.29, 0.717) is 44.7 Å². The molecule has 4 heterocycles. The maximum atomic E-state index is 13.8. The molecule has 2 aromatic heterocycles. The molecule has 14 heteroatoms. The number of piperidine rings is 1. The van der Waals surface area contributed by atoms with Crippen molar-refractivity contribution in [1.29, 1.82) is 0 Å². The highest BCUT2D eigenvalue weighted by Gasteiger charge is 2.42. The zero-order chi connectivity index (χ0) is 27.9. The largest absolute Gasteiger partial charge is 0.435 e. The third-order valence-corrected chi connectivity index (χ3v) is 8.81. The highest BCUT2D eigenvalue weighted by atomic mass is 35.5. The number of rotatable bonds is 5. The normalized spacial score (nSPS) is 15.9. The summed E-state index contributed by atoms with van der Waals surface area (Å²) >= 11 is 0.839. The minimum Gasteiger partial charge on any atom is -0.355 e. The summed E-state index contributed by atoms with van der Waals surface area (Å²) in [6.45, 7) is 6.39. The van der Waals surface area contributed by atoms with Gasteiger partial charge >= 0.3 is 6.18 Å². The first-order valence-corrected chi connectivity index (χ1v) is 13.8. The predicted octanol–water partition coefficient (Wildman–Crippen LogP) is 6.56. The van der Waals surface area contributed by atoms with E-state index < -0.39 is 17.8 Å². The van der Waals surface area contributed by atoms with Gasteiger partial charge in [-0.15, -0.1) is 35.0 Å². The first-order chi connectivity index (χ1) is 18.5. The van der Waals surface area contributed by atoms with Gasteiger partial charge in [0.25, 0.3) is 5.91 Å². The molecule has 0 saturated carbocycles. The van der Waals surface area contributed by atoms with Crippen LogP contribution in [0.2, 0.25) is 0 Å². The van der Waals surface area contributed by atoms with Gasteiger partial charge in [-0.2, -0.15) is 13.2 Å². The summed E-state index contributed by atoms with van der Waals surface area (Å²) < 4.78 is 54.7. The Hall–Kier alpha value is -2.70. The van der Waals surface area contributed by atoms with Gasteiger partial charge in [0.15, 0.2) is 16.6 Å². The lowest BCUT2D eigenvalue weighted by Gasteiger charge is -2.37. The number of halogens is 6. The molecular weight excluding hydrogens is 603 g/mol. The zero-order valence-corrected chi connectivity index (χ0v) is 25.3. The second-order valence-corrected chi connectivity index (χ2v) is 11.1. The van der Waals surface area contributed by atoms with E-state index in [1.165, 1.54) is 17.0 Å². The van der Waals surface area contributed by atoms with Crippen LogP contribution in [0.1, 0.15) is 52.2 Å². The molecule has 0 bridgehead atoms. The van der Waals surface area contributed by atoms with Crippen LogP contribution >= 0.6 is 36.2 Å². The summed E-state index contributed by atoms with van der Waals surface area (Å²) in [4.78, 5) is 22.2. The number of anilines is 2. The van der Waals surface area contributed by atoms with Crippen molar-refractivity contribution in [2.75, 3.05) is 43.0 Å². The first-order valence-electron chi connectivity index (χ1n) is 13.0. The summed E-state index contributed by atoms with van der Waals surface area (Å²) in [5, 5.41) is 9.13. The lowest BCUT2D eigenvalue weighted by molar-refractivity contribution is -0.141. The quantitative estimate of drug-likeness (QED) is 0.296. The molecule has 5 rings (SSSR count). The predicted molar refractivity (Wildman–Crippen MR) is 157 cm³/mol. The van der Waals surface area contributed by atoms with Gasteiger partial charge in [-0.25, -0.2) is 9.37 Å². The lowest BCUT2D eigenvalue weighted by Crippen LogP contribution is -2.46. The molecule has 0 aliphatic carbocycles. The van der Waals surface area contributed by atoms with Gasteiger partial charge in [0, 0.05) is 44.8 Å². The Morgan fingerprint density at radius 2 is 1.56 bits per heavy atom. The number of thiazole rings is 1. The smallest absolute Gasteiger partial charge is 0.355 e. The maximum absolute atomic E-state index is 13.8. The Bertz CT molecular complexity index is 1360. The second-order valence-electron chi connectivity index (χ2n) is 10.1. The Labute approximate surface area is 252 Å². The zero-order valence-electron chi connectivity index (χ0n) is 22.9. The van der Waals surface area contributed by atoms with E-state index in [-0.39, 0.29) is 46.7 Å². The summed E-state index contributed by atoms with van der Waals surface area (Å²) in [7, 11) is 1.57. The van der Waals surface area contributed by atoms with Crippen molar-refractivity contribution < 1.29 is 22.4 Å². The fourth-order valence-corrected chi connectivity index (χ4v) is 6.38. The Morgan fingerprint density at radius 1 is 0.951 bits per heavy atom. The summed E-state index contributed by atoms with van der Waals surface area (Å²) in [5.74, 6) is -0.219. The van der Waals surface area contributed by atoms with E-state index in [2.05, 4.69) is 20.1 Å². The number of aromatic nitrogens is 3. The molecule has 0 radical (unpaired) electrons. The molecule has 2 aliphatic heterocycles. The van der Waals surface area contributed by atoms with Gasteiger partial charge in [0.2, 0.25) is 0 Å². The molecule has 224 valence electrons. The molecule has 0 N–H and O–H groups in total. The van der Waals surface area contributed by atoms with Gasteiger partial charge < -0.3 is 14.7 Å². The minimum absolute atomic E-state index is 0. The number of alkyl halides is 3. The number of hydrogen-bond acceptors (Lipinski definition) is 7. The van der Waals surface area contributed by atoms with Gasteiger partial charge in [-0.05, 0) is 74.9 Å². The monoisotopic (exact) mass is 634 g/mol. The molecule has 7 nitrogen and oxygen atoms in total. The Kier molecular flexibility index (Phi) is 10.5. The van der Waals surface area contributed by atoms with Crippen molar-refractivity contribution in [3.63, 3.8) is 0 Å². The van der Waals surface area contributed by atoms with Crippen LogP contribution in [0.5, 0.6) is 0 Å². The highest BCUT2D eigenvalue weighted by molar-refractivity contribution is 7.17. The van der Waals surface area contributed by atoms with Gasteiger partial charge in [-0.3, -0.25) is 4.79 Å². The van der Waals surface area contributed by atoms with Crippen LogP contribution < -0.4 is 9.80 Å². The van der Waals surface area contributed by atoms with Crippen LogP contribution in [-0.4, -0.2) is 65.3 Å². The summed E-state index contributed by atoms with van der Waals surface area (Å²) in [5.41, 5.74) is 2.28. The number of nitrogens with zero attached hydrogens (tertiary/aromatic N) is 6. The van der Waals surface area contributed by atoms with Gasteiger partial charge in [0.05, 0.1) is 5.69 Å². The fourth-order valence-electron chi connectivity index (χ4n) is 5.26. The topological polar surface area (TPSA) is 65.5 Å². The fraction of sp³-hybridized carbons (Fsp3) is 0.481. The van der Waals surface area contributed by atoms with Crippen molar-refractivity contribution in [3.8, 4) is 11.3 Å². The Balaban J connectivity index is 0.00000231. The number of hydrogen-bond donors (Lipinski definition) is 0. The van der Waals surface area contributed by atoms with E-state index in [9.17, 15) is 22.4 Å². The molecule has 2 aliphatic rings. The molecule has 2 saturated heterocycles. The van der Waals surface area contributed by atoms with E-state index in [1.54, 1.807) is 19.2 Å². The highest BCUT2D eigenvalue weighted by Crippen LogP contribution is 2.39. The van der Waals surface area contributed by atoms with Crippen molar-refractivity contribution in [2.45, 2.75) is 51.7 Å². The number of carbonyl (C=O) groups excluding carboxylic acids is 1. The Morgan fingerprint density at radius 3 is 2.15 bits per heavy atom. The maximum Gasteiger partial charge on any atom is 0.435 e. The van der Waals surface area contributed by atoms with E-state index >= 15 is 0 Å². The van der Waals surface area contributed by atoms with Gasteiger partial charge in [0.1, 0.15) is 10.7 Å². The van der Waals surface area contributed by atoms with Crippen LogP contribution in [0.25, 0.3) is 11.3 Å². The van der Waals surface area contributed by atoms with Crippen LogP contribution in [0, 0.1) is 19.7 Å². The SMILES string of the molecule is Cc1c(-c2ccc(F)cc2)nnc(N2CCC(N(C)C(=O)c3sc(N4CCCC4)nc3C(F)(F)F)CC2)c1C.Cl.Cl. The van der Waals surface area contributed by atoms with Crippen molar-refractivity contribution in [1.82, 2.24) is 20.1 Å². The average Bonchev–Trinajstić information content (AvgIpc) is 3.61. The number of amides is 1. The van der Waals surface area contributed by atoms with Crippen molar-refractivity contribution >= 4 is 53.0 Å². The van der Waals surface area contributed by atoms with Crippen molar-refractivity contribution in [2.24, 2.45) is 0 Å². The van der Waals surface area contributed by atoms with E-state index in [1.807, 2.05) is 18.7 Å². The molecule has 0 spiro atoms. The molecule has 3 aromatic rings. The molecule has 0 atom stereocenters.